The lowest BCUT2D eigenvalue weighted by molar-refractivity contribution is 0.672. The Morgan fingerprint density at radius 3 is 2.50 bits per heavy atom. The molecule has 0 aromatic heterocycles. The van der Waals surface area contributed by atoms with Crippen molar-refractivity contribution >= 4 is 0 Å². The van der Waals surface area contributed by atoms with Crippen LogP contribution in [0.15, 0.2) is 35.6 Å². The van der Waals surface area contributed by atoms with Gasteiger partial charge in [-0.3, -0.25) is 0 Å². The monoisotopic (exact) mass is 193 g/mol. The molecular weight excluding hydrogens is 170 g/mol. The molecule has 0 fully saturated rings. The lowest BCUT2D eigenvalue weighted by Gasteiger charge is -2.16. The highest BCUT2D eigenvalue weighted by molar-refractivity contribution is 5.27. The van der Waals surface area contributed by atoms with Crippen molar-refractivity contribution in [1.82, 2.24) is 5.32 Å². The van der Waals surface area contributed by atoms with Crippen LogP contribution in [0.1, 0.15) is 40.5 Å². The van der Waals surface area contributed by atoms with Crippen LogP contribution in [-0.4, -0.2) is 6.54 Å². The molecule has 0 saturated heterocycles. The van der Waals surface area contributed by atoms with Gasteiger partial charge in [-0.05, 0) is 32.3 Å². The number of allylic oxidation sites excluding steroid dienone is 6. The summed E-state index contributed by atoms with van der Waals surface area (Å²) in [5.74, 6) is 0. The van der Waals surface area contributed by atoms with Crippen molar-refractivity contribution in [1.29, 1.82) is 0 Å². The summed E-state index contributed by atoms with van der Waals surface area (Å²) in [4.78, 5) is 0. The molecule has 0 aromatic rings. The van der Waals surface area contributed by atoms with E-state index in [0.717, 1.165) is 6.54 Å². The maximum Gasteiger partial charge on any atom is 0.0147 e. The predicted octanol–water partition coefficient (Wildman–Crippen LogP) is 3.80. The fourth-order valence-corrected chi connectivity index (χ4v) is 1.35. The first kappa shape index (κ1) is 13.0. The topological polar surface area (TPSA) is 12.0 Å². The summed E-state index contributed by atoms with van der Waals surface area (Å²) < 4.78 is 0. The van der Waals surface area contributed by atoms with Crippen LogP contribution in [0.2, 0.25) is 0 Å². The van der Waals surface area contributed by atoms with Crippen molar-refractivity contribution in [3.63, 3.8) is 0 Å². The third-order valence-electron chi connectivity index (χ3n) is 2.10. The Morgan fingerprint density at radius 2 is 1.93 bits per heavy atom. The van der Waals surface area contributed by atoms with Crippen LogP contribution >= 0.6 is 0 Å². The molecule has 0 radical (unpaired) electrons. The van der Waals surface area contributed by atoms with Gasteiger partial charge in [-0.15, -0.1) is 0 Å². The molecule has 0 amide bonds. The van der Waals surface area contributed by atoms with Gasteiger partial charge in [0.1, 0.15) is 0 Å². The molecule has 0 spiro atoms. The molecule has 0 unspecified atom stereocenters. The average Bonchev–Trinajstić information content (AvgIpc) is 2.24. The van der Waals surface area contributed by atoms with Gasteiger partial charge in [-0.1, -0.05) is 38.2 Å². The average molecular weight is 193 g/mol. The summed E-state index contributed by atoms with van der Waals surface area (Å²) in [5.41, 5.74) is 2.78. The molecule has 0 aliphatic carbocycles. The first-order valence-corrected chi connectivity index (χ1v) is 5.57. The second kappa shape index (κ2) is 8.61. The predicted molar refractivity (Wildman–Crippen MR) is 65.2 cm³/mol. The van der Waals surface area contributed by atoms with Gasteiger partial charge >= 0.3 is 0 Å². The lowest BCUT2D eigenvalue weighted by atomic mass is 10.0. The molecule has 1 rings (SSSR count). The normalized spacial score (nSPS) is 16.9. The van der Waals surface area contributed by atoms with Gasteiger partial charge in [0.25, 0.3) is 0 Å². The van der Waals surface area contributed by atoms with E-state index in [4.69, 9.17) is 0 Å². The number of rotatable bonds is 2. The van der Waals surface area contributed by atoms with Crippen molar-refractivity contribution in [3.05, 3.63) is 35.6 Å². The third kappa shape index (κ3) is 4.90. The van der Waals surface area contributed by atoms with E-state index in [-0.39, 0.29) is 0 Å². The van der Waals surface area contributed by atoms with Crippen molar-refractivity contribution in [3.8, 4) is 0 Å². The molecule has 0 saturated carbocycles. The van der Waals surface area contributed by atoms with Crippen LogP contribution in [0.4, 0.5) is 0 Å². The second-order valence-corrected chi connectivity index (χ2v) is 3.07. The van der Waals surface area contributed by atoms with Crippen molar-refractivity contribution in [2.45, 2.75) is 40.5 Å². The summed E-state index contributed by atoms with van der Waals surface area (Å²) in [7, 11) is 0. The molecule has 80 valence electrons. The van der Waals surface area contributed by atoms with E-state index < -0.39 is 0 Å². The van der Waals surface area contributed by atoms with Gasteiger partial charge in [0.05, 0.1) is 0 Å². The molecule has 1 heterocycles. The summed E-state index contributed by atoms with van der Waals surface area (Å²) >= 11 is 0. The van der Waals surface area contributed by atoms with Crippen LogP contribution in [0, 0.1) is 0 Å². The Bertz CT molecular complexity index is 221. The first-order chi connectivity index (χ1) is 6.84. The SMILES string of the molecule is C/C=C/C=C\C1=C(C)NCCC1.CC. The van der Waals surface area contributed by atoms with Gasteiger partial charge in [0.15, 0.2) is 0 Å². The molecule has 1 aliphatic rings. The number of nitrogens with one attached hydrogen (secondary N) is 1. The van der Waals surface area contributed by atoms with E-state index in [1.807, 2.05) is 26.8 Å². The lowest BCUT2D eigenvalue weighted by Crippen LogP contribution is -2.18. The standard InChI is InChI=1S/C11H17N.C2H6/c1-3-4-5-7-11-8-6-9-12-10(11)2;1-2/h3-5,7,12H,6,8-9H2,1-2H3;1-2H3/b4-3+,7-5-;. The molecule has 0 bridgehead atoms. The summed E-state index contributed by atoms with van der Waals surface area (Å²) in [6.45, 7) is 9.31. The zero-order valence-electron chi connectivity index (χ0n) is 9.93. The zero-order valence-corrected chi connectivity index (χ0v) is 9.93. The van der Waals surface area contributed by atoms with E-state index in [9.17, 15) is 0 Å². The largest absolute Gasteiger partial charge is 0.388 e. The highest BCUT2D eigenvalue weighted by Crippen LogP contribution is 2.14. The Hall–Kier alpha value is -0.980. The van der Waals surface area contributed by atoms with Gasteiger partial charge in [0.2, 0.25) is 0 Å². The maximum atomic E-state index is 3.36. The fourth-order valence-electron chi connectivity index (χ4n) is 1.35. The maximum absolute atomic E-state index is 3.36. The minimum atomic E-state index is 1.13. The summed E-state index contributed by atoms with van der Waals surface area (Å²) in [6, 6.07) is 0. The fraction of sp³-hybridized carbons (Fsp3) is 0.538. The Balaban J connectivity index is 0.000000791. The van der Waals surface area contributed by atoms with Gasteiger partial charge < -0.3 is 5.32 Å². The van der Waals surface area contributed by atoms with E-state index in [1.54, 1.807) is 0 Å². The van der Waals surface area contributed by atoms with E-state index >= 15 is 0 Å². The van der Waals surface area contributed by atoms with Crippen LogP contribution in [0.3, 0.4) is 0 Å². The van der Waals surface area contributed by atoms with Gasteiger partial charge in [-0.25, -0.2) is 0 Å². The zero-order chi connectivity index (χ0) is 10.8. The van der Waals surface area contributed by atoms with Crippen LogP contribution in [0.5, 0.6) is 0 Å². The molecule has 1 heteroatoms. The smallest absolute Gasteiger partial charge is 0.0147 e. The minimum absolute atomic E-state index is 1.13. The number of hydrogen-bond acceptors (Lipinski definition) is 1. The van der Waals surface area contributed by atoms with Crippen molar-refractivity contribution in [2.24, 2.45) is 0 Å². The highest BCUT2D eigenvalue weighted by atomic mass is 14.9. The van der Waals surface area contributed by atoms with Crippen molar-refractivity contribution < 1.29 is 0 Å². The van der Waals surface area contributed by atoms with Crippen LogP contribution < -0.4 is 5.32 Å². The highest BCUT2D eigenvalue weighted by Gasteiger charge is 2.03. The summed E-state index contributed by atoms with van der Waals surface area (Å²) in [6.07, 6.45) is 10.9. The molecule has 1 N–H and O–H groups in total. The minimum Gasteiger partial charge on any atom is -0.388 e. The van der Waals surface area contributed by atoms with E-state index in [1.165, 1.54) is 24.1 Å². The second-order valence-electron chi connectivity index (χ2n) is 3.07. The van der Waals surface area contributed by atoms with Gasteiger partial charge in [-0.2, -0.15) is 0 Å². The molecule has 1 aliphatic heterocycles. The van der Waals surface area contributed by atoms with Crippen LogP contribution in [-0.2, 0) is 0 Å². The number of hydrogen-bond donors (Lipinski definition) is 1. The third-order valence-corrected chi connectivity index (χ3v) is 2.10. The molecule has 1 nitrogen and oxygen atoms in total. The molecule has 0 atom stereocenters. The quantitative estimate of drug-likeness (QED) is 0.658. The molecular formula is C13H23N. The van der Waals surface area contributed by atoms with Gasteiger partial charge in [0, 0.05) is 12.2 Å². The van der Waals surface area contributed by atoms with Crippen molar-refractivity contribution in [2.75, 3.05) is 6.54 Å². The van der Waals surface area contributed by atoms with E-state index in [0.29, 0.717) is 0 Å². The summed E-state index contributed by atoms with van der Waals surface area (Å²) in [5, 5.41) is 3.36. The Morgan fingerprint density at radius 1 is 1.21 bits per heavy atom. The van der Waals surface area contributed by atoms with E-state index in [2.05, 4.69) is 30.5 Å². The molecule has 14 heavy (non-hydrogen) atoms. The molecule has 0 aromatic carbocycles. The van der Waals surface area contributed by atoms with Crippen LogP contribution in [0.25, 0.3) is 0 Å². The Labute approximate surface area is 88.6 Å². The first-order valence-electron chi connectivity index (χ1n) is 5.57. The Kier molecular flexibility index (Phi) is 8.01.